The summed E-state index contributed by atoms with van der Waals surface area (Å²) in [5.74, 6) is 0.135. The van der Waals surface area contributed by atoms with E-state index in [1.807, 2.05) is 6.92 Å². The molecule has 1 amide bonds. The highest BCUT2D eigenvalue weighted by Crippen LogP contribution is 2.45. The average molecular weight is 731 g/mol. The summed E-state index contributed by atoms with van der Waals surface area (Å²) in [4.78, 5) is 44.2. The number of pyridine rings is 2. The van der Waals surface area contributed by atoms with Gasteiger partial charge in [0, 0.05) is 60.9 Å². The molecule has 5 atom stereocenters. The van der Waals surface area contributed by atoms with Gasteiger partial charge in [-0.1, -0.05) is 6.07 Å². The molecule has 1 saturated heterocycles. The van der Waals surface area contributed by atoms with E-state index in [1.54, 1.807) is 35.8 Å². The number of aliphatic hydroxyl groups excluding tert-OH is 1. The minimum absolute atomic E-state index is 0.0355. The Bertz CT molecular complexity index is 2140. The molecule has 280 valence electrons. The van der Waals surface area contributed by atoms with Crippen molar-refractivity contribution in [2.45, 2.75) is 96.5 Å². The first-order chi connectivity index (χ1) is 25.5. The minimum Gasteiger partial charge on any atom is -0.465 e. The summed E-state index contributed by atoms with van der Waals surface area (Å²) >= 11 is 0. The molecule has 4 heterocycles. The Balaban J connectivity index is 1.18. The first-order valence-electron chi connectivity index (χ1n) is 17.7. The zero-order valence-electron chi connectivity index (χ0n) is 30.1. The third-order valence-electron chi connectivity index (χ3n) is 10.5. The van der Waals surface area contributed by atoms with Crippen LogP contribution in [0.3, 0.4) is 0 Å². The summed E-state index contributed by atoms with van der Waals surface area (Å²) in [6.45, 7) is 3.86. The zero-order chi connectivity index (χ0) is 37.6. The van der Waals surface area contributed by atoms with Crippen molar-refractivity contribution < 1.29 is 42.8 Å². The van der Waals surface area contributed by atoms with E-state index in [-0.39, 0.29) is 43.5 Å². The second kappa shape index (κ2) is 15.0. The molecule has 4 aromatic rings. The molecule has 3 aliphatic rings. The Morgan fingerprint density at radius 2 is 2.02 bits per heavy atom. The molecule has 1 fully saturated rings. The number of carbonyl (C=O) groups is 2. The van der Waals surface area contributed by atoms with Crippen LogP contribution < -0.4 is 21.3 Å². The number of aliphatic hydroxyl groups is 1. The standard InChI is InChI=1S/C39H43FN4O9/c1-19-9-23(46)11-34(52-19)53-32-8-5-21(10-22(32)14-41)17-51-39(48)43-29-7-6-24-20(2)28(40)13-30-35(24)36(29)26-15-44-31(37(26)42-30)12-25(33(16-45)50-4)27(18-49-3)38(44)47/h5,8,10,12-13,16,19,23,29,33-34,46H,6-7,9,11,14-15,17-18,41H2,1-4H3,(H,43,48)/t19?,23?,29-,33?,34?/m0/s1. The highest BCUT2D eigenvalue weighted by atomic mass is 19.1. The number of nitrogens with two attached hydrogens (primary N) is 1. The van der Waals surface area contributed by atoms with Crippen LogP contribution in [-0.2, 0) is 56.5 Å². The predicted molar refractivity (Wildman–Crippen MR) is 191 cm³/mol. The number of halogens is 1. The Labute approximate surface area is 305 Å². The van der Waals surface area contributed by atoms with E-state index in [2.05, 4.69) is 5.32 Å². The number of amides is 1. The maximum Gasteiger partial charge on any atom is 0.407 e. The fourth-order valence-electron chi connectivity index (χ4n) is 7.93. The molecule has 0 saturated carbocycles. The van der Waals surface area contributed by atoms with Crippen LogP contribution >= 0.6 is 0 Å². The second-order valence-corrected chi connectivity index (χ2v) is 13.9. The second-order valence-electron chi connectivity index (χ2n) is 13.9. The van der Waals surface area contributed by atoms with Crippen molar-refractivity contribution in [1.82, 2.24) is 14.9 Å². The minimum atomic E-state index is -1.01. The Kier molecular flexibility index (Phi) is 10.3. The average Bonchev–Trinajstić information content (AvgIpc) is 3.50. The number of benzene rings is 2. The summed E-state index contributed by atoms with van der Waals surface area (Å²) in [6.07, 6.45) is -0.462. The van der Waals surface area contributed by atoms with Crippen molar-refractivity contribution in [2.24, 2.45) is 5.73 Å². The lowest BCUT2D eigenvalue weighted by Gasteiger charge is -2.31. The number of hydrogen-bond donors (Lipinski definition) is 3. The molecule has 0 bridgehead atoms. The fourth-order valence-corrected chi connectivity index (χ4v) is 7.93. The molecule has 2 aromatic carbocycles. The fraction of sp³-hybridized carbons (Fsp3) is 0.436. The van der Waals surface area contributed by atoms with Crippen molar-refractivity contribution in [3.8, 4) is 17.1 Å². The van der Waals surface area contributed by atoms with Gasteiger partial charge in [-0.15, -0.1) is 0 Å². The van der Waals surface area contributed by atoms with Gasteiger partial charge in [-0.2, -0.15) is 0 Å². The van der Waals surface area contributed by atoms with Crippen LogP contribution in [0.1, 0.15) is 82.8 Å². The lowest BCUT2D eigenvalue weighted by Crippen LogP contribution is -2.37. The van der Waals surface area contributed by atoms with Gasteiger partial charge in [-0.25, -0.2) is 14.2 Å². The van der Waals surface area contributed by atoms with E-state index >= 15 is 4.39 Å². The molecule has 4 N–H and O–H groups in total. The Morgan fingerprint density at radius 1 is 1.21 bits per heavy atom. The van der Waals surface area contributed by atoms with Gasteiger partial charge in [0.1, 0.15) is 24.3 Å². The van der Waals surface area contributed by atoms with E-state index in [1.165, 1.54) is 20.3 Å². The number of carbonyl (C=O) groups excluding carboxylic acids is 2. The molecule has 13 nitrogen and oxygen atoms in total. The predicted octanol–water partition coefficient (Wildman–Crippen LogP) is 4.54. The van der Waals surface area contributed by atoms with Crippen LogP contribution in [0, 0.1) is 12.7 Å². The van der Waals surface area contributed by atoms with Gasteiger partial charge >= 0.3 is 6.09 Å². The maximum atomic E-state index is 15.3. The number of nitrogens with one attached hydrogen (secondary N) is 1. The summed E-state index contributed by atoms with van der Waals surface area (Å²) in [5.41, 5.74) is 11.8. The highest BCUT2D eigenvalue weighted by molar-refractivity contribution is 5.93. The third kappa shape index (κ3) is 6.81. The number of aldehydes is 1. The molecule has 53 heavy (non-hydrogen) atoms. The molecular weight excluding hydrogens is 687 g/mol. The van der Waals surface area contributed by atoms with Gasteiger partial charge in [0.05, 0.1) is 48.3 Å². The van der Waals surface area contributed by atoms with Gasteiger partial charge in [0.2, 0.25) is 6.29 Å². The Hall–Kier alpha value is -4.73. The molecule has 2 aromatic heterocycles. The van der Waals surface area contributed by atoms with Crippen LogP contribution in [0.15, 0.2) is 35.1 Å². The van der Waals surface area contributed by atoms with Crippen LogP contribution in [0.25, 0.3) is 22.3 Å². The van der Waals surface area contributed by atoms with Gasteiger partial charge in [0.15, 0.2) is 6.29 Å². The number of alkyl carbamates (subject to hydrolysis) is 1. The van der Waals surface area contributed by atoms with Crippen LogP contribution in [-0.4, -0.2) is 59.8 Å². The monoisotopic (exact) mass is 730 g/mol. The number of aromatic nitrogens is 2. The van der Waals surface area contributed by atoms with Gasteiger partial charge in [-0.3, -0.25) is 4.79 Å². The largest absolute Gasteiger partial charge is 0.465 e. The molecule has 7 rings (SSSR count). The lowest BCUT2D eigenvalue weighted by atomic mass is 9.82. The third-order valence-corrected chi connectivity index (χ3v) is 10.5. The SMILES string of the molecule is COCc1c(C(C=O)OC)cc2n(c1=O)Cc1c-2nc2cc(F)c(C)c3c2c1[C@@H](NC(=O)OCc1ccc(OC2CC(O)CC(C)O2)c(CN)c1)CC3. The number of aryl methyl sites for hydroxylation is 1. The molecule has 0 radical (unpaired) electrons. The number of ether oxygens (including phenoxy) is 5. The van der Waals surface area contributed by atoms with Gasteiger partial charge < -0.3 is 49.2 Å². The zero-order valence-corrected chi connectivity index (χ0v) is 30.1. The molecule has 1 aliphatic carbocycles. The van der Waals surface area contributed by atoms with E-state index in [9.17, 15) is 19.5 Å². The molecule has 4 unspecified atom stereocenters. The van der Waals surface area contributed by atoms with E-state index in [4.69, 9.17) is 34.4 Å². The van der Waals surface area contributed by atoms with E-state index < -0.39 is 36.5 Å². The summed E-state index contributed by atoms with van der Waals surface area (Å²) in [7, 11) is 2.85. The summed E-state index contributed by atoms with van der Waals surface area (Å²) in [5, 5.41) is 13.9. The quantitative estimate of drug-likeness (QED) is 0.163. The molecule has 14 heteroatoms. The van der Waals surface area contributed by atoms with Crippen molar-refractivity contribution in [3.63, 3.8) is 0 Å². The first kappa shape index (κ1) is 36.6. The number of fused-ring (bicyclic) bond motifs is 4. The smallest absolute Gasteiger partial charge is 0.407 e. The Morgan fingerprint density at radius 3 is 2.74 bits per heavy atom. The molecule has 0 spiro atoms. The van der Waals surface area contributed by atoms with Crippen LogP contribution in [0.4, 0.5) is 9.18 Å². The summed E-state index contributed by atoms with van der Waals surface area (Å²) < 4.78 is 45.1. The lowest BCUT2D eigenvalue weighted by molar-refractivity contribution is -0.170. The van der Waals surface area contributed by atoms with E-state index in [0.29, 0.717) is 76.9 Å². The number of hydrogen-bond acceptors (Lipinski definition) is 11. The van der Waals surface area contributed by atoms with E-state index in [0.717, 1.165) is 22.1 Å². The van der Waals surface area contributed by atoms with Crippen molar-refractivity contribution in [1.29, 1.82) is 0 Å². The number of methoxy groups -OCH3 is 2. The summed E-state index contributed by atoms with van der Waals surface area (Å²) in [6, 6.07) is 7.88. The maximum absolute atomic E-state index is 15.3. The highest BCUT2D eigenvalue weighted by Gasteiger charge is 2.36. The molecular formula is C39H43FN4O9. The van der Waals surface area contributed by atoms with Gasteiger partial charge in [0.25, 0.3) is 5.56 Å². The van der Waals surface area contributed by atoms with Crippen LogP contribution in [0.5, 0.6) is 5.75 Å². The van der Waals surface area contributed by atoms with Crippen molar-refractivity contribution >= 4 is 23.3 Å². The molecule has 2 aliphatic heterocycles. The number of nitrogens with zero attached hydrogens (tertiary/aromatic N) is 2. The van der Waals surface area contributed by atoms with Crippen molar-refractivity contribution in [2.75, 3.05) is 14.2 Å². The van der Waals surface area contributed by atoms with Crippen molar-refractivity contribution in [3.05, 3.63) is 91.0 Å². The first-order valence-corrected chi connectivity index (χ1v) is 17.7. The number of rotatable bonds is 11. The van der Waals surface area contributed by atoms with Gasteiger partial charge in [-0.05, 0) is 73.6 Å². The van der Waals surface area contributed by atoms with Crippen LogP contribution in [0.2, 0.25) is 0 Å². The normalized spacial score (nSPS) is 20.8. The topological polar surface area (TPSA) is 173 Å².